The van der Waals surface area contributed by atoms with Crippen LogP contribution in [0, 0.1) is 0 Å². The second-order valence-corrected chi connectivity index (χ2v) is 4.51. The summed E-state index contributed by atoms with van der Waals surface area (Å²) in [6.07, 6.45) is 4.17. The molecule has 15 heavy (non-hydrogen) atoms. The maximum Gasteiger partial charge on any atom is 0.237 e. The molecule has 2 nitrogen and oxygen atoms in total. The molecule has 2 bridgehead atoms. The zero-order valence-electron chi connectivity index (χ0n) is 8.90. The van der Waals surface area contributed by atoms with E-state index in [9.17, 15) is 4.79 Å². The third-order valence-corrected chi connectivity index (χ3v) is 3.63. The number of amides is 1. The number of hydrogen-bond donors (Lipinski definition) is 0. The van der Waals surface area contributed by atoms with Crippen LogP contribution in [-0.4, -0.2) is 17.9 Å². The number of rotatable bonds is 0. The average Bonchev–Trinajstić information content (AvgIpc) is 2.26. The Morgan fingerprint density at radius 3 is 2.87 bits per heavy atom. The normalized spacial score (nSPS) is 32.0. The summed E-state index contributed by atoms with van der Waals surface area (Å²) >= 11 is 0. The molecule has 2 atom stereocenters. The third kappa shape index (κ3) is 0.870. The van der Waals surface area contributed by atoms with E-state index in [1.807, 2.05) is 37.1 Å². The van der Waals surface area contributed by atoms with Gasteiger partial charge in [-0.1, -0.05) is 36.4 Å². The van der Waals surface area contributed by atoms with Crippen LogP contribution in [0.1, 0.15) is 24.1 Å². The van der Waals surface area contributed by atoms with Crippen LogP contribution in [0.5, 0.6) is 0 Å². The zero-order valence-corrected chi connectivity index (χ0v) is 8.90. The zero-order chi connectivity index (χ0) is 10.6. The van der Waals surface area contributed by atoms with E-state index in [4.69, 9.17) is 0 Å². The van der Waals surface area contributed by atoms with Crippen molar-refractivity contribution in [2.45, 2.75) is 18.4 Å². The minimum absolute atomic E-state index is 0.135. The molecule has 1 aromatic rings. The lowest BCUT2D eigenvalue weighted by Gasteiger charge is -2.46. The van der Waals surface area contributed by atoms with Crippen LogP contribution >= 0.6 is 0 Å². The molecule has 1 aliphatic carbocycles. The molecular weight excluding hydrogens is 186 g/mol. The summed E-state index contributed by atoms with van der Waals surface area (Å²) in [7, 11) is 1.88. The highest BCUT2D eigenvalue weighted by atomic mass is 16.2. The van der Waals surface area contributed by atoms with Crippen molar-refractivity contribution in [2.75, 3.05) is 7.05 Å². The molecule has 0 saturated heterocycles. The molecule has 2 heterocycles. The minimum atomic E-state index is -0.444. The van der Waals surface area contributed by atoms with Gasteiger partial charge in [0.15, 0.2) is 0 Å². The molecule has 1 aromatic carbocycles. The second-order valence-electron chi connectivity index (χ2n) is 4.51. The second kappa shape index (κ2) is 2.51. The van der Waals surface area contributed by atoms with Crippen molar-refractivity contribution in [3.8, 4) is 0 Å². The van der Waals surface area contributed by atoms with Gasteiger partial charge in [0.05, 0.1) is 11.5 Å². The van der Waals surface area contributed by atoms with E-state index in [1.165, 1.54) is 11.1 Å². The summed E-state index contributed by atoms with van der Waals surface area (Å²) in [5, 5.41) is 0. The van der Waals surface area contributed by atoms with Crippen molar-refractivity contribution in [1.82, 2.24) is 4.90 Å². The van der Waals surface area contributed by atoms with Gasteiger partial charge in [-0.25, -0.2) is 0 Å². The van der Waals surface area contributed by atoms with E-state index in [0.29, 0.717) is 0 Å². The van der Waals surface area contributed by atoms with Crippen molar-refractivity contribution in [2.24, 2.45) is 0 Å². The number of fused-ring (bicyclic) bond motifs is 1. The van der Waals surface area contributed by atoms with Gasteiger partial charge in [0.2, 0.25) is 5.91 Å². The van der Waals surface area contributed by atoms with E-state index in [-0.39, 0.29) is 11.9 Å². The topological polar surface area (TPSA) is 20.3 Å². The van der Waals surface area contributed by atoms with Crippen LogP contribution in [0.3, 0.4) is 0 Å². The fourth-order valence-corrected chi connectivity index (χ4v) is 2.72. The smallest absolute Gasteiger partial charge is 0.237 e. The first-order chi connectivity index (χ1) is 7.14. The molecule has 0 spiro atoms. The van der Waals surface area contributed by atoms with Crippen molar-refractivity contribution in [3.05, 3.63) is 47.5 Å². The number of nitrogens with zero attached hydrogens (tertiary/aromatic N) is 1. The highest BCUT2D eigenvalue weighted by molar-refractivity contribution is 5.94. The molecule has 3 aliphatic rings. The first-order valence-electron chi connectivity index (χ1n) is 5.20. The van der Waals surface area contributed by atoms with Gasteiger partial charge in [-0.2, -0.15) is 0 Å². The summed E-state index contributed by atoms with van der Waals surface area (Å²) < 4.78 is 0. The number of carbonyl (C=O) groups is 1. The van der Waals surface area contributed by atoms with E-state index >= 15 is 0 Å². The van der Waals surface area contributed by atoms with Gasteiger partial charge in [-0.15, -0.1) is 0 Å². The van der Waals surface area contributed by atoms with Crippen LogP contribution in [0.25, 0.3) is 0 Å². The van der Waals surface area contributed by atoms with Gasteiger partial charge >= 0.3 is 0 Å². The molecular formula is C13H13NO. The van der Waals surface area contributed by atoms with Crippen molar-refractivity contribution < 1.29 is 4.79 Å². The number of benzene rings is 1. The molecule has 2 aliphatic heterocycles. The Morgan fingerprint density at radius 1 is 1.33 bits per heavy atom. The largest absolute Gasteiger partial charge is 0.334 e. The molecule has 76 valence electrons. The fraction of sp³-hybridized carbons (Fsp3) is 0.308. The maximum atomic E-state index is 12.1. The third-order valence-electron chi connectivity index (χ3n) is 3.63. The average molecular weight is 199 g/mol. The summed E-state index contributed by atoms with van der Waals surface area (Å²) in [4.78, 5) is 14.0. The lowest BCUT2D eigenvalue weighted by atomic mass is 9.69. The molecule has 0 radical (unpaired) electrons. The van der Waals surface area contributed by atoms with Crippen LogP contribution in [0.15, 0.2) is 36.4 Å². The van der Waals surface area contributed by atoms with E-state index in [2.05, 4.69) is 18.2 Å². The Bertz CT molecular complexity index is 477. The Balaban J connectivity index is 2.34. The summed E-state index contributed by atoms with van der Waals surface area (Å²) in [5.74, 6) is 0.203. The van der Waals surface area contributed by atoms with Gasteiger partial charge < -0.3 is 4.90 Å². The highest BCUT2D eigenvalue weighted by Gasteiger charge is 2.47. The quantitative estimate of drug-likeness (QED) is 0.585. The fourth-order valence-electron chi connectivity index (χ4n) is 2.72. The molecule has 1 amide bonds. The van der Waals surface area contributed by atoms with Crippen LogP contribution in [0.2, 0.25) is 0 Å². The molecule has 4 rings (SSSR count). The SMILES string of the molecule is CN1C(=O)[C@]2(C)C=C[C@H]1c1ccccc12. The molecule has 0 saturated carbocycles. The molecule has 0 aromatic heterocycles. The number of carbonyl (C=O) groups excluding carboxylic acids is 1. The summed E-state index contributed by atoms with van der Waals surface area (Å²) in [6, 6.07) is 8.36. The highest BCUT2D eigenvalue weighted by Crippen LogP contribution is 2.45. The Kier molecular flexibility index (Phi) is 1.46. The van der Waals surface area contributed by atoms with Gasteiger partial charge in [-0.05, 0) is 18.1 Å². The van der Waals surface area contributed by atoms with Crippen molar-refractivity contribution in [3.63, 3.8) is 0 Å². The molecule has 0 unspecified atom stereocenters. The summed E-state index contributed by atoms with van der Waals surface area (Å²) in [6.45, 7) is 2.00. The van der Waals surface area contributed by atoms with Gasteiger partial charge in [0, 0.05) is 7.05 Å². The van der Waals surface area contributed by atoms with Crippen LogP contribution in [0.4, 0.5) is 0 Å². The Labute approximate surface area is 89.2 Å². The lowest BCUT2D eigenvalue weighted by molar-refractivity contribution is -0.137. The standard InChI is InChI=1S/C13H13NO/c1-13-8-7-11(14(2)12(13)15)9-5-3-4-6-10(9)13/h3-8,11H,1-2H3/t11-,13+/m0/s1. The first kappa shape index (κ1) is 8.72. The van der Waals surface area contributed by atoms with E-state index in [0.717, 1.165) is 0 Å². The summed E-state index contributed by atoms with van der Waals surface area (Å²) in [5.41, 5.74) is 1.99. The van der Waals surface area contributed by atoms with Crippen LogP contribution in [-0.2, 0) is 10.2 Å². The van der Waals surface area contributed by atoms with Crippen molar-refractivity contribution in [1.29, 1.82) is 0 Å². The Morgan fingerprint density at radius 2 is 2.07 bits per heavy atom. The van der Waals surface area contributed by atoms with Crippen LogP contribution < -0.4 is 0 Å². The minimum Gasteiger partial charge on any atom is -0.334 e. The van der Waals surface area contributed by atoms with E-state index in [1.54, 1.807) is 0 Å². The lowest BCUT2D eigenvalue weighted by Crippen LogP contribution is -2.51. The predicted octanol–water partition coefficient (Wildman–Crippen LogP) is 2.03. The van der Waals surface area contributed by atoms with E-state index < -0.39 is 5.41 Å². The van der Waals surface area contributed by atoms with Gasteiger partial charge in [0.1, 0.15) is 0 Å². The van der Waals surface area contributed by atoms with Gasteiger partial charge in [-0.3, -0.25) is 4.79 Å². The predicted molar refractivity (Wildman–Crippen MR) is 58.4 cm³/mol. The monoisotopic (exact) mass is 199 g/mol. The van der Waals surface area contributed by atoms with Crippen molar-refractivity contribution >= 4 is 5.91 Å². The molecule has 0 fully saturated rings. The number of hydrogen-bond acceptors (Lipinski definition) is 1. The number of likely N-dealkylation sites (N-methyl/N-ethyl adjacent to an activating group) is 1. The first-order valence-corrected chi connectivity index (χ1v) is 5.20. The molecule has 2 heteroatoms. The molecule has 0 N–H and O–H groups in total. The maximum absolute atomic E-state index is 12.1. The van der Waals surface area contributed by atoms with Gasteiger partial charge in [0.25, 0.3) is 0 Å². The Hall–Kier alpha value is -1.57.